The van der Waals surface area contributed by atoms with E-state index in [-0.39, 0.29) is 14.1 Å². The lowest BCUT2D eigenvalue weighted by molar-refractivity contribution is 0.376. The summed E-state index contributed by atoms with van der Waals surface area (Å²) in [5, 5.41) is 0. The van der Waals surface area contributed by atoms with E-state index < -0.39 is 10.0 Å². The van der Waals surface area contributed by atoms with Crippen molar-refractivity contribution in [3.8, 4) is 0 Å². The highest BCUT2D eigenvalue weighted by molar-refractivity contribution is 7.91. The number of sulfonamides is 1. The number of hydrogen-bond donors (Lipinski definition) is 0. The van der Waals surface area contributed by atoms with Gasteiger partial charge in [-0.05, 0) is 11.8 Å². The number of aromatic nitrogens is 1. The van der Waals surface area contributed by atoms with Crippen molar-refractivity contribution in [3.05, 3.63) is 10.7 Å². The van der Waals surface area contributed by atoms with Gasteiger partial charge in [-0.2, -0.15) is 4.31 Å². The van der Waals surface area contributed by atoms with Crippen LogP contribution >= 0.6 is 22.9 Å². The Kier molecular flexibility index (Phi) is 3.03. The van der Waals surface area contributed by atoms with Crippen molar-refractivity contribution in [2.24, 2.45) is 5.41 Å². The van der Waals surface area contributed by atoms with Crippen LogP contribution in [0.5, 0.6) is 0 Å². The summed E-state index contributed by atoms with van der Waals surface area (Å²) in [6.45, 7) is 5.28. The third-order valence-electron chi connectivity index (χ3n) is 2.69. The van der Waals surface area contributed by atoms with Gasteiger partial charge in [0.25, 0.3) is 10.0 Å². The molecule has 1 saturated heterocycles. The molecule has 0 radical (unpaired) electrons. The van der Waals surface area contributed by atoms with Crippen LogP contribution in [-0.2, 0) is 10.0 Å². The highest BCUT2D eigenvalue weighted by Gasteiger charge is 2.37. The number of halogens is 1. The van der Waals surface area contributed by atoms with Gasteiger partial charge in [-0.15, -0.1) is 0 Å². The molecule has 1 aliphatic rings. The van der Waals surface area contributed by atoms with E-state index in [9.17, 15) is 8.42 Å². The molecule has 2 rings (SSSR count). The van der Waals surface area contributed by atoms with Crippen molar-refractivity contribution >= 4 is 33.0 Å². The first-order chi connectivity index (χ1) is 7.31. The van der Waals surface area contributed by atoms with Gasteiger partial charge in [0.1, 0.15) is 0 Å². The largest absolute Gasteiger partial charge is 0.254 e. The van der Waals surface area contributed by atoms with Crippen LogP contribution in [0.1, 0.15) is 20.3 Å². The number of rotatable bonds is 2. The van der Waals surface area contributed by atoms with E-state index in [2.05, 4.69) is 18.8 Å². The van der Waals surface area contributed by atoms with Crippen molar-refractivity contribution < 1.29 is 8.42 Å². The van der Waals surface area contributed by atoms with Gasteiger partial charge in [-0.3, -0.25) is 0 Å². The third kappa shape index (κ3) is 2.25. The molecule has 0 N–H and O–H groups in total. The first-order valence-corrected chi connectivity index (χ1v) is 7.56. The van der Waals surface area contributed by atoms with E-state index in [1.54, 1.807) is 0 Å². The Labute approximate surface area is 104 Å². The molecule has 2 heterocycles. The van der Waals surface area contributed by atoms with Gasteiger partial charge >= 0.3 is 0 Å². The van der Waals surface area contributed by atoms with E-state index in [4.69, 9.17) is 11.6 Å². The summed E-state index contributed by atoms with van der Waals surface area (Å²) in [4.78, 5) is 3.77. The van der Waals surface area contributed by atoms with Gasteiger partial charge in [-0.1, -0.05) is 36.8 Å². The topological polar surface area (TPSA) is 50.3 Å². The van der Waals surface area contributed by atoms with E-state index in [0.29, 0.717) is 13.1 Å². The molecule has 1 aromatic heterocycles. The molecule has 1 aliphatic heterocycles. The van der Waals surface area contributed by atoms with Crippen molar-refractivity contribution in [1.29, 1.82) is 0 Å². The fourth-order valence-corrected chi connectivity index (χ4v) is 4.83. The van der Waals surface area contributed by atoms with Crippen LogP contribution in [0, 0.1) is 5.41 Å². The molecule has 90 valence electrons. The van der Waals surface area contributed by atoms with Crippen LogP contribution in [0.25, 0.3) is 0 Å². The van der Waals surface area contributed by atoms with Crippen molar-refractivity contribution in [2.75, 3.05) is 13.1 Å². The van der Waals surface area contributed by atoms with Crippen molar-refractivity contribution in [1.82, 2.24) is 9.29 Å². The Morgan fingerprint density at radius 1 is 1.56 bits per heavy atom. The normalized spacial score (nSPS) is 21.4. The molecule has 0 unspecified atom stereocenters. The van der Waals surface area contributed by atoms with E-state index in [0.717, 1.165) is 17.8 Å². The first-order valence-electron chi connectivity index (χ1n) is 4.93. The van der Waals surface area contributed by atoms with Crippen LogP contribution in [0.3, 0.4) is 0 Å². The highest BCUT2D eigenvalue weighted by Crippen LogP contribution is 2.34. The van der Waals surface area contributed by atoms with E-state index in [1.807, 2.05) is 0 Å². The minimum absolute atomic E-state index is 0.0571. The number of hydrogen-bond acceptors (Lipinski definition) is 4. The minimum Gasteiger partial charge on any atom is -0.232 e. The molecule has 7 heteroatoms. The zero-order valence-electron chi connectivity index (χ0n) is 9.10. The first kappa shape index (κ1) is 12.3. The molecule has 0 atom stereocenters. The minimum atomic E-state index is -3.38. The summed E-state index contributed by atoms with van der Waals surface area (Å²) in [7, 11) is -3.38. The second-order valence-corrected chi connectivity index (χ2v) is 8.46. The number of nitrogens with zero attached hydrogens (tertiary/aromatic N) is 2. The summed E-state index contributed by atoms with van der Waals surface area (Å²) in [6, 6.07) is 0. The summed E-state index contributed by atoms with van der Waals surface area (Å²) >= 11 is 6.66. The summed E-state index contributed by atoms with van der Waals surface area (Å²) in [5.41, 5.74) is 0.0571. The Morgan fingerprint density at radius 2 is 2.25 bits per heavy atom. The second-order valence-electron chi connectivity index (χ2n) is 4.69. The molecular formula is C9H13ClN2O2S2. The second kappa shape index (κ2) is 3.94. The predicted molar refractivity (Wildman–Crippen MR) is 64.3 cm³/mol. The Balaban J connectivity index is 2.28. The molecule has 0 spiro atoms. The van der Waals surface area contributed by atoms with Gasteiger partial charge in [0.15, 0.2) is 8.68 Å². The van der Waals surface area contributed by atoms with Gasteiger partial charge in [0.05, 0.1) is 6.20 Å². The highest BCUT2D eigenvalue weighted by atomic mass is 35.5. The van der Waals surface area contributed by atoms with E-state index >= 15 is 0 Å². The molecule has 1 aromatic rings. The molecular weight excluding hydrogens is 268 g/mol. The smallest absolute Gasteiger partial charge is 0.232 e. The Bertz CT molecular complexity index is 495. The van der Waals surface area contributed by atoms with Crippen LogP contribution in [0.4, 0.5) is 0 Å². The summed E-state index contributed by atoms with van der Waals surface area (Å²) in [6.07, 6.45) is 2.21. The van der Waals surface area contributed by atoms with Crippen molar-refractivity contribution in [2.45, 2.75) is 24.5 Å². The SMILES string of the molecule is CC1(C)CCN(S(=O)(=O)c2cnc(Cl)s2)C1. The van der Waals surface area contributed by atoms with Gasteiger partial charge in [0.2, 0.25) is 0 Å². The maximum atomic E-state index is 12.2. The average molecular weight is 281 g/mol. The van der Waals surface area contributed by atoms with Gasteiger partial charge in [0, 0.05) is 13.1 Å². The zero-order chi connectivity index (χ0) is 12.0. The fourth-order valence-electron chi connectivity index (χ4n) is 1.75. The lowest BCUT2D eigenvalue weighted by Crippen LogP contribution is -2.29. The Hall–Kier alpha value is -0.170. The molecule has 0 bridgehead atoms. The molecule has 0 amide bonds. The molecule has 0 saturated carbocycles. The zero-order valence-corrected chi connectivity index (χ0v) is 11.5. The maximum absolute atomic E-state index is 12.2. The summed E-state index contributed by atoms with van der Waals surface area (Å²) < 4.78 is 26.4. The van der Waals surface area contributed by atoms with Gasteiger partial charge < -0.3 is 0 Å². The lowest BCUT2D eigenvalue weighted by atomic mass is 9.93. The van der Waals surface area contributed by atoms with E-state index in [1.165, 1.54) is 10.5 Å². The van der Waals surface area contributed by atoms with Crippen LogP contribution in [-0.4, -0.2) is 30.8 Å². The monoisotopic (exact) mass is 280 g/mol. The number of thiazole rings is 1. The molecule has 0 aliphatic carbocycles. The average Bonchev–Trinajstić information content (AvgIpc) is 2.72. The molecule has 1 fully saturated rings. The molecule has 0 aromatic carbocycles. The Morgan fingerprint density at radius 3 is 2.69 bits per heavy atom. The summed E-state index contributed by atoms with van der Waals surface area (Å²) in [5.74, 6) is 0. The quantitative estimate of drug-likeness (QED) is 0.835. The van der Waals surface area contributed by atoms with Crippen LogP contribution in [0.2, 0.25) is 4.47 Å². The lowest BCUT2D eigenvalue weighted by Gasteiger charge is -2.18. The third-order valence-corrected chi connectivity index (χ3v) is 6.09. The van der Waals surface area contributed by atoms with Crippen molar-refractivity contribution in [3.63, 3.8) is 0 Å². The predicted octanol–water partition coefficient (Wildman–Crippen LogP) is 2.22. The standard InChI is InChI=1S/C9H13ClN2O2S2/c1-9(2)3-4-12(6-9)16(13,14)7-5-11-8(10)15-7/h5H,3-4,6H2,1-2H3. The van der Waals surface area contributed by atoms with Crippen LogP contribution in [0.15, 0.2) is 10.4 Å². The fraction of sp³-hybridized carbons (Fsp3) is 0.667. The molecule has 16 heavy (non-hydrogen) atoms. The van der Waals surface area contributed by atoms with Gasteiger partial charge in [-0.25, -0.2) is 13.4 Å². The van der Waals surface area contributed by atoms with Crippen LogP contribution < -0.4 is 0 Å². The molecule has 4 nitrogen and oxygen atoms in total. The maximum Gasteiger partial charge on any atom is 0.254 e.